The SMILES string of the molecule is CN(C)CC(=O)N1CC[C@@H](c2ccnc(Nc3cc(C(F)(F)F)ccn3)n2)C1. The zero-order valence-electron chi connectivity index (χ0n) is 15.6. The molecule has 2 aromatic heterocycles. The molecule has 10 heteroatoms. The van der Waals surface area contributed by atoms with Crippen LogP contribution in [0.15, 0.2) is 30.6 Å². The molecule has 3 rings (SSSR count). The molecule has 1 aliphatic heterocycles. The highest BCUT2D eigenvalue weighted by molar-refractivity contribution is 5.78. The van der Waals surface area contributed by atoms with Gasteiger partial charge in [0.2, 0.25) is 11.9 Å². The van der Waals surface area contributed by atoms with Gasteiger partial charge in [0.05, 0.1) is 17.8 Å². The van der Waals surface area contributed by atoms with Gasteiger partial charge in [-0.15, -0.1) is 0 Å². The van der Waals surface area contributed by atoms with Crippen LogP contribution < -0.4 is 5.32 Å². The van der Waals surface area contributed by atoms with Crippen LogP contribution in [0.3, 0.4) is 0 Å². The standard InChI is InChI=1S/C18H21F3N6O/c1-26(2)11-16(28)27-8-5-12(10-27)14-4-7-23-17(24-14)25-15-9-13(3-6-22-15)18(19,20)21/h3-4,6-7,9,12H,5,8,10-11H2,1-2H3,(H,22,23,24,25)/t12-/m1/s1. The lowest BCUT2D eigenvalue weighted by molar-refractivity contribution is -0.137. The molecule has 3 heterocycles. The minimum absolute atomic E-state index is 0.0150. The van der Waals surface area contributed by atoms with Gasteiger partial charge in [0, 0.05) is 31.4 Å². The number of amides is 1. The maximum atomic E-state index is 12.8. The summed E-state index contributed by atoms with van der Waals surface area (Å²) in [7, 11) is 3.69. The van der Waals surface area contributed by atoms with Gasteiger partial charge in [0.1, 0.15) is 5.82 Å². The molecule has 0 aliphatic carbocycles. The first-order valence-electron chi connectivity index (χ1n) is 8.78. The molecule has 1 N–H and O–H groups in total. The quantitative estimate of drug-likeness (QED) is 0.840. The van der Waals surface area contributed by atoms with E-state index >= 15 is 0 Å². The van der Waals surface area contributed by atoms with Gasteiger partial charge in [0.25, 0.3) is 0 Å². The Balaban J connectivity index is 1.69. The molecule has 150 valence electrons. The molecule has 1 aliphatic rings. The minimum atomic E-state index is -4.45. The Morgan fingerprint density at radius 3 is 2.75 bits per heavy atom. The van der Waals surface area contributed by atoms with Gasteiger partial charge in [-0.2, -0.15) is 13.2 Å². The highest BCUT2D eigenvalue weighted by Gasteiger charge is 2.31. The number of halogens is 3. The second-order valence-corrected chi connectivity index (χ2v) is 6.92. The van der Waals surface area contributed by atoms with E-state index in [0.717, 1.165) is 30.4 Å². The highest BCUT2D eigenvalue weighted by Crippen LogP contribution is 2.30. The molecule has 1 saturated heterocycles. The first-order chi connectivity index (χ1) is 13.2. The number of likely N-dealkylation sites (N-methyl/N-ethyl adjacent to an activating group) is 1. The third-order valence-electron chi connectivity index (χ3n) is 4.41. The van der Waals surface area contributed by atoms with Gasteiger partial charge in [-0.05, 0) is 38.7 Å². The summed E-state index contributed by atoms with van der Waals surface area (Å²) in [6, 6.07) is 3.57. The number of pyridine rings is 1. The van der Waals surface area contributed by atoms with Crippen LogP contribution >= 0.6 is 0 Å². The summed E-state index contributed by atoms with van der Waals surface area (Å²) < 4.78 is 38.5. The van der Waals surface area contributed by atoms with Crippen LogP contribution in [0.1, 0.15) is 23.6 Å². The topological polar surface area (TPSA) is 74.2 Å². The van der Waals surface area contributed by atoms with E-state index in [2.05, 4.69) is 20.3 Å². The molecular weight excluding hydrogens is 373 g/mol. The van der Waals surface area contributed by atoms with Crippen molar-refractivity contribution in [3.63, 3.8) is 0 Å². The molecule has 1 atom stereocenters. The molecule has 0 bridgehead atoms. The van der Waals surface area contributed by atoms with Gasteiger partial charge in [0.15, 0.2) is 0 Å². The smallest absolute Gasteiger partial charge is 0.341 e. The maximum Gasteiger partial charge on any atom is 0.416 e. The molecular formula is C18H21F3N6O. The number of carbonyl (C=O) groups excluding carboxylic acids is 1. The predicted molar refractivity (Wildman–Crippen MR) is 97.0 cm³/mol. The van der Waals surface area contributed by atoms with E-state index < -0.39 is 11.7 Å². The Morgan fingerprint density at radius 1 is 1.29 bits per heavy atom. The number of hydrogen-bond acceptors (Lipinski definition) is 6. The zero-order chi connectivity index (χ0) is 20.3. The summed E-state index contributed by atoms with van der Waals surface area (Å²) in [6.07, 6.45) is -1.05. The third kappa shape index (κ3) is 4.94. The van der Waals surface area contributed by atoms with Crippen LogP contribution in [0.5, 0.6) is 0 Å². The molecule has 0 aromatic carbocycles. The fourth-order valence-corrected chi connectivity index (χ4v) is 3.05. The van der Waals surface area contributed by atoms with Crippen molar-refractivity contribution in [1.82, 2.24) is 24.8 Å². The Bertz CT molecular complexity index is 842. The van der Waals surface area contributed by atoms with Crippen LogP contribution in [-0.4, -0.2) is 64.4 Å². The second-order valence-electron chi connectivity index (χ2n) is 6.92. The summed E-state index contributed by atoms with van der Waals surface area (Å²) in [6.45, 7) is 1.56. The van der Waals surface area contributed by atoms with Crippen molar-refractivity contribution in [1.29, 1.82) is 0 Å². The molecule has 1 amide bonds. The Hall–Kier alpha value is -2.75. The number of aromatic nitrogens is 3. The second kappa shape index (κ2) is 8.09. The molecule has 0 saturated carbocycles. The van der Waals surface area contributed by atoms with Crippen molar-refractivity contribution in [2.75, 3.05) is 39.0 Å². The Morgan fingerprint density at radius 2 is 2.04 bits per heavy atom. The van der Waals surface area contributed by atoms with Crippen LogP contribution in [-0.2, 0) is 11.0 Å². The first-order valence-corrected chi connectivity index (χ1v) is 8.78. The predicted octanol–water partition coefficient (Wildman–Crippen LogP) is 2.51. The molecule has 0 unspecified atom stereocenters. The monoisotopic (exact) mass is 394 g/mol. The molecule has 2 aromatic rings. The minimum Gasteiger partial charge on any atom is -0.341 e. The van der Waals surface area contributed by atoms with E-state index in [1.165, 1.54) is 0 Å². The number of nitrogens with one attached hydrogen (secondary N) is 1. The van der Waals surface area contributed by atoms with E-state index in [-0.39, 0.29) is 23.6 Å². The van der Waals surface area contributed by atoms with Gasteiger partial charge >= 0.3 is 6.18 Å². The average molecular weight is 394 g/mol. The highest BCUT2D eigenvalue weighted by atomic mass is 19.4. The summed E-state index contributed by atoms with van der Waals surface area (Å²) in [5.41, 5.74) is -0.0587. The lowest BCUT2D eigenvalue weighted by Gasteiger charge is -2.19. The van der Waals surface area contributed by atoms with Gasteiger partial charge in [-0.1, -0.05) is 0 Å². The third-order valence-corrected chi connectivity index (χ3v) is 4.41. The normalized spacial score (nSPS) is 17.2. The van der Waals surface area contributed by atoms with E-state index in [0.29, 0.717) is 19.6 Å². The summed E-state index contributed by atoms with van der Waals surface area (Å²) in [4.78, 5) is 28.2. The maximum absolute atomic E-state index is 12.8. The molecule has 0 spiro atoms. The van der Waals surface area contributed by atoms with Gasteiger partial charge in [-0.25, -0.2) is 15.0 Å². The largest absolute Gasteiger partial charge is 0.416 e. The van der Waals surface area contributed by atoms with Crippen molar-refractivity contribution in [3.05, 3.63) is 41.9 Å². The number of rotatable bonds is 5. The van der Waals surface area contributed by atoms with E-state index in [4.69, 9.17) is 0 Å². The Labute approximate surface area is 160 Å². The lowest BCUT2D eigenvalue weighted by Crippen LogP contribution is -2.36. The van der Waals surface area contributed by atoms with Crippen LogP contribution in [0.2, 0.25) is 0 Å². The Kier molecular flexibility index (Phi) is 5.78. The lowest BCUT2D eigenvalue weighted by atomic mass is 10.1. The summed E-state index contributed by atoms with van der Waals surface area (Å²) >= 11 is 0. The van der Waals surface area contributed by atoms with Crippen LogP contribution in [0.4, 0.5) is 24.9 Å². The van der Waals surface area contributed by atoms with E-state index in [1.54, 1.807) is 17.2 Å². The van der Waals surface area contributed by atoms with Gasteiger partial charge < -0.3 is 15.1 Å². The average Bonchev–Trinajstić information content (AvgIpc) is 3.11. The number of likely N-dealkylation sites (tertiary alicyclic amines) is 1. The number of nitrogens with zero attached hydrogens (tertiary/aromatic N) is 5. The summed E-state index contributed by atoms with van der Waals surface area (Å²) in [5.74, 6) is 0.306. The number of carbonyl (C=O) groups is 1. The number of hydrogen-bond donors (Lipinski definition) is 1. The van der Waals surface area contributed by atoms with Crippen molar-refractivity contribution in [2.24, 2.45) is 0 Å². The fourth-order valence-electron chi connectivity index (χ4n) is 3.05. The fraction of sp³-hybridized carbons (Fsp3) is 0.444. The van der Waals surface area contributed by atoms with Crippen LogP contribution in [0.25, 0.3) is 0 Å². The van der Waals surface area contributed by atoms with Crippen molar-refractivity contribution >= 4 is 17.7 Å². The summed E-state index contributed by atoms with van der Waals surface area (Å²) in [5, 5.41) is 2.72. The van der Waals surface area contributed by atoms with Gasteiger partial charge in [-0.3, -0.25) is 4.79 Å². The molecule has 7 nitrogen and oxygen atoms in total. The molecule has 28 heavy (non-hydrogen) atoms. The number of anilines is 2. The van der Waals surface area contributed by atoms with Crippen molar-refractivity contribution in [3.8, 4) is 0 Å². The van der Waals surface area contributed by atoms with E-state index in [9.17, 15) is 18.0 Å². The zero-order valence-corrected chi connectivity index (χ0v) is 15.6. The first kappa shape index (κ1) is 20.0. The number of alkyl halides is 3. The van der Waals surface area contributed by atoms with Crippen molar-refractivity contribution < 1.29 is 18.0 Å². The molecule has 0 radical (unpaired) electrons. The van der Waals surface area contributed by atoms with Crippen molar-refractivity contribution in [2.45, 2.75) is 18.5 Å². The van der Waals surface area contributed by atoms with Crippen LogP contribution in [0, 0.1) is 0 Å². The van der Waals surface area contributed by atoms with E-state index in [1.807, 2.05) is 19.0 Å². The molecule has 1 fully saturated rings.